The minimum atomic E-state index is -0.633. The van der Waals surface area contributed by atoms with Gasteiger partial charge in [0.2, 0.25) is 0 Å². The van der Waals surface area contributed by atoms with E-state index in [0.717, 1.165) is 41.6 Å². The van der Waals surface area contributed by atoms with E-state index in [1.165, 1.54) is 6.07 Å². The fourth-order valence-corrected chi connectivity index (χ4v) is 4.97. The van der Waals surface area contributed by atoms with Gasteiger partial charge in [0.05, 0.1) is 25.3 Å². The molecule has 4 rings (SSSR count). The van der Waals surface area contributed by atoms with Crippen LogP contribution in [0.2, 0.25) is 0 Å². The van der Waals surface area contributed by atoms with Crippen LogP contribution in [0, 0.1) is 40.8 Å². The van der Waals surface area contributed by atoms with Gasteiger partial charge in [-0.05, 0) is 79.6 Å². The molecule has 2 heterocycles. The van der Waals surface area contributed by atoms with Crippen molar-refractivity contribution in [2.24, 2.45) is 11.8 Å². The third kappa shape index (κ3) is 5.83. The first kappa shape index (κ1) is 25.6. The van der Waals surface area contributed by atoms with Gasteiger partial charge >= 0.3 is 0 Å². The van der Waals surface area contributed by atoms with Gasteiger partial charge in [0.15, 0.2) is 0 Å². The third-order valence-corrected chi connectivity index (χ3v) is 7.01. The highest BCUT2D eigenvalue weighted by Crippen LogP contribution is 2.33. The van der Waals surface area contributed by atoms with Crippen molar-refractivity contribution in [2.45, 2.75) is 25.4 Å². The number of methoxy groups -OCH3 is 1. The molecule has 0 spiro atoms. The summed E-state index contributed by atoms with van der Waals surface area (Å²) in [6.07, 6.45) is 3.37. The quantitative estimate of drug-likeness (QED) is 0.489. The van der Waals surface area contributed by atoms with Gasteiger partial charge in [-0.25, -0.2) is 4.39 Å². The van der Waals surface area contributed by atoms with Gasteiger partial charge in [-0.1, -0.05) is 17.9 Å². The number of fused-ring (bicyclic) bond motifs is 1. The fraction of sp³-hybridized carbons (Fsp3) is 0.379. The molecule has 1 unspecified atom stereocenters. The summed E-state index contributed by atoms with van der Waals surface area (Å²) >= 11 is 0. The van der Waals surface area contributed by atoms with E-state index < -0.39 is 11.9 Å². The van der Waals surface area contributed by atoms with Crippen molar-refractivity contribution in [3.05, 3.63) is 71.2 Å². The Morgan fingerprint density at radius 3 is 2.89 bits per heavy atom. The average molecular weight is 488 g/mol. The number of aromatic nitrogens is 1. The molecule has 1 aliphatic rings. The lowest BCUT2D eigenvalue weighted by atomic mass is 9.81. The van der Waals surface area contributed by atoms with Gasteiger partial charge in [0, 0.05) is 30.3 Å². The summed E-state index contributed by atoms with van der Waals surface area (Å²) in [6.45, 7) is 2.09. The molecule has 0 saturated carbocycles. The Labute approximate surface area is 211 Å². The van der Waals surface area contributed by atoms with Crippen molar-refractivity contribution in [1.82, 2.24) is 9.88 Å². The Balaban J connectivity index is 1.35. The monoisotopic (exact) mass is 487 g/mol. The number of hydrogen-bond donors (Lipinski definition) is 2. The van der Waals surface area contributed by atoms with E-state index in [-0.39, 0.29) is 18.1 Å². The first-order valence-electron chi connectivity index (χ1n) is 12.2. The smallest absolute Gasteiger partial charge is 0.142 e. The molecule has 3 aromatic rings. The van der Waals surface area contributed by atoms with E-state index in [9.17, 15) is 14.6 Å². The van der Waals surface area contributed by atoms with Crippen molar-refractivity contribution in [3.63, 3.8) is 0 Å². The minimum Gasteiger partial charge on any atom is -0.497 e. The summed E-state index contributed by atoms with van der Waals surface area (Å²) in [5, 5.41) is 31.1. The third-order valence-electron chi connectivity index (χ3n) is 7.01. The van der Waals surface area contributed by atoms with E-state index in [2.05, 4.69) is 21.7 Å². The molecule has 0 aliphatic carbocycles. The molecule has 2 aromatic carbocycles. The second kappa shape index (κ2) is 12.0. The van der Waals surface area contributed by atoms with Crippen LogP contribution in [0.4, 0.5) is 4.39 Å². The van der Waals surface area contributed by atoms with E-state index >= 15 is 0 Å². The molecule has 36 heavy (non-hydrogen) atoms. The summed E-state index contributed by atoms with van der Waals surface area (Å²) in [6, 6.07) is 13.8. The zero-order chi connectivity index (χ0) is 25.5. The lowest BCUT2D eigenvalue weighted by Gasteiger charge is -2.37. The molecule has 186 valence electrons. The molecule has 7 heteroatoms. The predicted molar refractivity (Wildman–Crippen MR) is 136 cm³/mol. The number of nitrogens with zero attached hydrogens (tertiary/aromatic N) is 3. The highest BCUT2D eigenvalue weighted by molar-refractivity contribution is 5.83. The average Bonchev–Trinajstić information content (AvgIpc) is 2.91. The number of aliphatic hydroxyl groups excluding tert-OH is 2. The lowest BCUT2D eigenvalue weighted by molar-refractivity contribution is 0.0640. The van der Waals surface area contributed by atoms with Crippen molar-refractivity contribution in [1.29, 1.82) is 5.26 Å². The summed E-state index contributed by atoms with van der Waals surface area (Å²) < 4.78 is 19.1. The van der Waals surface area contributed by atoms with Crippen LogP contribution in [0.25, 0.3) is 10.9 Å². The van der Waals surface area contributed by atoms with E-state index in [1.54, 1.807) is 25.4 Å². The van der Waals surface area contributed by atoms with E-state index in [1.807, 2.05) is 30.3 Å². The number of nitriles is 1. The maximum atomic E-state index is 13.8. The van der Waals surface area contributed by atoms with Crippen LogP contribution in [0.15, 0.2) is 48.7 Å². The molecule has 1 saturated heterocycles. The van der Waals surface area contributed by atoms with Gasteiger partial charge in [-0.15, -0.1) is 0 Å². The van der Waals surface area contributed by atoms with Crippen LogP contribution in [0.3, 0.4) is 0 Å². The second-order valence-corrected chi connectivity index (χ2v) is 9.18. The van der Waals surface area contributed by atoms with Gasteiger partial charge in [-0.2, -0.15) is 5.26 Å². The summed E-state index contributed by atoms with van der Waals surface area (Å²) in [5.41, 5.74) is 2.01. The molecule has 6 nitrogen and oxygen atoms in total. The number of aliphatic hydroxyl groups is 2. The van der Waals surface area contributed by atoms with Crippen molar-refractivity contribution >= 4 is 10.9 Å². The van der Waals surface area contributed by atoms with Crippen LogP contribution >= 0.6 is 0 Å². The number of rotatable bonds is 7. The zero-order valence-electron chi connectivity index (χ0n) is 20.3. The van der Waals surface area contributed by atoms with Gasteiger partial charge in [-0.3, -0.25) is 9.88 Å². The number of piperidine rings is 1. The molecule has 3 atom stereocenters. The SMILES string of the molecule is COc1ccc2nccc(C(O)CC[C@@H]3CCN(CC#Cc4cccc(F)c4C#N)C[C@@H]3CO)c2c1. The van der Waals surface area contributed by atoms with E-state index in [4.69, 9.17) is 10.00 Å². The Bertz CT molecular complexity index is 1310. The molecular weight excluding hydrogens is 457 g/mol. The number of likely N-dealkylation sites (tertiary alicyclic amines) is 1. The number of benzene rings is 2. The van der Waals surface area contributed by atoms with Crippen molar-refractivity contribution in [2.75, 3.05) is 33.4 Å². The van der Waals surface area contributed by atoms with Crippen molar-refractivity contribution < 1.29 is 19.3 Å². The maximum absolute atomic E-state index is 13.8. The molecule has 1 aromatic heterocycles. The fourth-order valence-electron chi connectivity index (χ4n) is 4.97. The summed E-state index contributed by atoms with van der Waals surface area (Å²) in [7, 11) is 1.62. The van der Waals surface area contributed by atoms with Crippen LogP contribution in [0.1, 0.15) is 42.1 Å². The largest absolute Gasteiger partial charge is 0.497 e. The number of ether oxygens (including phenoxy) is 1. The Morgan fingerprint density at radius 2 is 2.11 bits per heavy atom. The normalized spacial score (nSPS) is 18.8. The number of halogens is 1. The Kier molecular flexibility index (Phi) is 8.51. The molecule has 1 aliphatic heterocycles. The molecule has 0 radical (unpaired) electrons. The maximum Gasteiger partial charge on any atom is 0.142 e. The van der Waals surface area contributed by atoms with Gasteiger partial charge in [0.25, 0.3) is 0 Å². The van der Waals surface area contributed by atoms with Gasteiger partial charge < -0.3 is 14.9 Å². The standard InChI is InChI=1S/C29H30FN3O3/c1-36-23-8-9-28-25(16-23)24(11-13-32-28)29(35)10-7-20-12-15-33(18-22(20)19-34)14-3-5-21-4-2-6-27(30)26(21)17-31/h2,4,6,8-9,11,13,16,20,22,29,34-35H,7,10,12,14-15,18-19H2,1H3/t20-,22-,29?/m1/s1. The number of hydrogen-bond acceptors (Lipinski definition) is 6. The molecule has 1 fully saturated rings. The molecular formula is C29H30FN3O3. The summed E-state index contributed by atoms with van der Waals surface area (Å²) in [5.74, 6) is 6.51. The zero-order valence-corrected chi connectivity index (χ0v) is 20.3. The predicted octanol–water partition coefficient (Wildman–Crippen LogP) is 4.05. The lowest BCUT2D eigenvalue weighted by Crippen LogP contribution is -2.42. The van der Waals surface area contributed by atoms with Crippen LogP contribution in [-0.4, -0.2) is 53.4 Å². The van der Waals surface area contributed by atoms with Gasteiger partial charge in [0.1, 0.15) is 23.2 Å². The molecule has 2 N–H and O–H groups in total. The molecule has 0 amide bonds. The Morgan fingerprint density at radius 1 is 1.25 bits per heavy atom. The van der Waals surface area contributed by atoms with Crippen molar-refractivity contribution in [3.8, 4) is 23.7 Å². The van der Waals surface area contributed by atoms with Crippen LogP contribution in [0.5, 0.6) is 5.75 Å². The molecule has 0 bridgehead atoms. The highest BCUT2D eigenvalue weighted by atomic mass is 19.1. The minimum absolute atomic E-state index is 0.0316. The summed E-state index contributed by atoms with van der Waals surface area (Å²) in [4.78, 5) is 6.57. The number of pyridine rings is 1. The van der Waals surface area contributed by atoms with Crippen LogP contribution in [-0.2, 0) is 0 Å². The second-order valence-electron chi connectivity index (χ2n) is 9.18. The Hall–Kier alpha value is -3.49. The first-order valence-corrected chi connectivity index (χ1v) is 12.2. The highest BCUT2D eigenvalue weighted by Gasteiger charge is 2.29. The topological polar surface area (TPSA) is 89.6 Å². The van der Waals surface area contributed by atoms with Crippen LogP contribution < -0.4 is 4.74 Å². The van der Waals surface area contributed by atoms with E-state index in [0.29, 0.717) is 31.0 Å². The first-order chi connectivity index (χ1) is 17.5.